The summed E-state index contributed by atoms with van der Waals surface area (Å²) in [5.41, 5.74) is 16.1. The van der Waals surface area contributed by atoms with Crippen LogP contribution in [0.3, 0.4) is 0 Å². The van der Waals surface area contributed by atoms with E-state index in [1.54, 1.807) is 0 Å². The van der Waals surface area contributed by atoms with E-state index in [0.29, 0.717) is 0 Å². The maximum absolute atomic E-state index is 6.63. The van der Waals surface area contributed by atoms with Crippen molar-refractivity contribution in [3.05, 3.63) is 211 Å². The van der Waals surface area contributed by atoms with E-state index in [-0.39, 0.29) is 5.41 Å². The van der Waals surface area contributed by atoms with Crippen molar-refractivity contribution in [2.45, 2.75) is 12.3 Å². The van der Waals surface area contributed by atoms with Gasteiger partial charge < -0.3 is 9.32 Å². The fraction of sp³-hybridized carbons (Fsp3) is 0.0400. The molecule has 8 aromatic carbocycles. The zero-order valence-electron chi connectivity index (χ0n) is 28.8. The molecule has 0 unspecified atom stereocenters. The number of hydrogen-bond donors (Lipinski definition) is 0. The number of fused-ring (bicyclic) bond motifs is 6. The average Bonchev–Trinajstić information content (AvgIpc) is 3.72. The molecule has 0 spiro atoms. The van der Waals surface area contributed by atoms with Gasteiger partial charge >= 0.3 is 0 Å². The molecule has 0 amide bonds. The average molecular weight is 666 g/mol. The third-order valence-corrected chi connectivity index (χ3v) is 11.0. The van der Waals surface area contributed by atoms with Crippen LogP contribution in [0.15, 0.2) is 199 Å². The molecule has 0 N–H and O–H groups in total. The van der Waals surface area contributed by atoms with Gasteiger partial charge in [-0.15, -0.1) is 0 Å². The quantitative estimate of drug-likeness (QED) is 0.176. The van der Waals surface area contributed by atoms with Gasteiger partial charge in [-0.1, -0.05) is 146 Å². The summed E-state index contributed by atoms with van der Waals surface area (Å²) in [4.78, 5) is 2.34. The van der Waals surface area contributed by atoms with Gasteiger partial charge in [0.25, 0.3) is 0 Å². The van der Waals surface area contributed by atoms with Gasteiger partial charge in [0.05, 0.1) is 0 Å². The largest absolute Gasteiger partial charge is 0.456 e. The van der Waals surface area contributed by atoms with Gasteiger partial charge in [-0.3, -0.25) is 0 Å². The molecule has 0 saturated heterocycles. The number of furan rings is 1. The Morgan fingerprint density at radius 2 is 0.865 bits per heavy atom. The molecular weight excluding hydrogens is 631 g/mol. The lowest BCUT2D eigenvalue weighted by Gasteiger charge is -2.28. The first kappa shape index (κ1) is 30.2. The Morgan fingerprint density at radius 1 is 0.385 bits per heavy atom. The van der Waals surface area contributed by atoms with E-state index in [0.717, 1.165) is 39.0 Å². The molecule has 1 aromatic heterocycles. The predicted molar refractivity (Wildman–Crippen MR) is 217 cm³/mol. The van der Waals surface area contributed by atoms with Crippen molar-refractivity contribution in [3.63, 3.8) is 0 Å². The van der Waals surface area contributed by atoms with Gasteiger partial charge in [0, 0.05) is 33.2 Å². The van der Waals surface area contributed by atoms with Crippen LogP contribution in [0.4, 0.5) is 17.1 Å². The minimum atomic E-state index is -0.278. The summed E-state index contributed by atoms with van der Waals surface area (Å²) in [6.45, 7) is 2.35. The summed E-state index contributed by atoms with van der Waals surface area (Å²) in [5.74, 6) is 0. The smallest absolute Gasteiger partial charge is 0.135 e. The van der Waals surface area contributed by atoms with Crippen LogP contribution in [0.1, 0.15) is 23.6 Å². The van der Waals surface area contributed by atoms with Crippen molar-refractivity contribution in [2.75, 3.05) is 4.90 Å². The first-order chi connectivity index (χ1) is 25.6. The Kier molecular flexibility index (Phi) is 6.97. The molecule has 0 atom stereocenters. The van der Waals surface area contributed by atoms with Crippen LogP contribution in [0, 0.1) is 0 Å². The van der Waals surface area contributed by atoms with E-state index in [4.69, 9.17) is 4.42 Å². The van der Waals surface area contributed by atoms with Crippen LogP contribution in [0.5, 0.6) is 0 Å². The van der Waals surface area contributed by atoms with Crippen LogP contribution in [-0.2, 0) is 5.41 Å². The summed E-state index contributed by atoms with van der Waals surface area (Å²) in [5, 5.41) is 2.21. The molecule has 10 rings (SSSR count). The maximum Gasteiger partial charge on any atom is 0.135 e. The first-order valence-electron chi connectivity index (χ1n) is 17.9. The Bertz CT molecular complexity index is 2600. The lowest BCUT2D eigenvalue weighted by Crippen LogP contribution is -2.22. The van der Waals surface area contributed by atoms with Gasteiger partial charge in [0.1, 0.15) is 11.2 Å². The summed E-state index contributed by atoms with van der Waals surface area (Å²) >= 11 is 0. The van der Waals surface area contributed by atoms with E-state index in [2.05, 4.69) is 206 Å². The van der Waals surface area contributed by atoms with Crippen LogP contribution in [0.2, 0.25) is 0 Å². The van der Waals surface area contributed by atoms with Crippen LogP contribution < -0.4 is 4.90 Å². The molecule has 0 radical (unpaired) electrons. The molecule has 1 aliphatic carbocycles. The SMILES string of the molecule is CC1(c2ccc3c(c2)oc2ccc(N(c4ccc(-c5ccccc5)cc4)c4ccc(-c5ccccc5)cc4)cc23)c2ccccc2-c2ccccc21. The predicted octanol–water partition coefficient (Wildman–Crippen LogP) is 13.7. The van der Waals surface area contributed by atoms with Gasteiger partial charge in [0.2, 0.25) is 0 Å². The van der Waals surface area contributed by atoms with Crippen LogP contribution in [0.25, 0.3) is 55.3 Å². The molecule has 0 aliphatic heterocycles. The summed E-state index contributed by atoms with van der Waals surface area (Å²) in [7, 11) is 0. The molecule has 1 aliphatic rings. The van der Waals surface area contributed by atoms with E-state index < -0.39 is 0 Å². The van der Waals surface area contributed by atoms with Crippen molar-refractivity contribution in [3.8, 4) is 33.4 Å². The molecule has 0 fully saturated rings. The second-order valence-electron chi connectivity index (χ2n) is 13.9. The third kappa shape index (κ3) is 4.80. The lowest BCUT2D eigenvalue weighted by molar-refractivity contribution is 0.662. The zero-order valence-corrected chi connectivity index (χ0v) is 28.8. The highest BCUT2D eigenvalue weighted by Crippen LogP contribution is 2.53. The maximum atomic E-state index is 6.63. The number of hydrogen-bond acceptors (Lipinski definition) is 2. The molecule has 0 saturated carbocycles. The molecule has 9 aromatic rings. The minimum absolute atomic E-state index is 0.278. The zero-order chi connectivity index (χ0) is 34.6. The van der Waals surface area contributed by atoms with Crippen molar-refractivity contribution >= 4 is 39.0 Å². The van der Waals surface area contributed by atoms with E-state index in [9.17, 15) is 0 Å². The Morgan fingerprint density at radius 3 is 1.42 bits per heavy atom. The van der Waals surface area contributed by atoms with Crippen molar-refractivity contribution in [1.82, 2.24) is 0 Å². The highest BCUT2D eigenvalue weighted by molar-refractivity contribution is 6.07. The molecule has 52 heavy (non-hydrogen) atoms. The number of nitrogens with zero attached hydrogens (tertiary/aromatic N) is 1. The highest BCUT2D eigenvalue weighted by Gasteiger charge is 2.40. The van der Waals surface area contributed by atoms with E-state index >= 15 is 0 Å². The van der Waals surface area contributed by atoms with Gasteiger partial charge in [-0.05, 0) is 106 Å². The summed E-state index contributed by atoms with van der Waals surface area (Å²) < 4.78 is 6.63. The Hall–Kier alpha value is -6.64. The molecule has 246 valence electrons. The number of rotatable bonds is 6. The first-order valence-corrected chi connectivity index (χ1v) is 17.9. The lowest BCUT2D eigenvalue weighted by atomic mass is 9.74. The van der Waals surface area contributed by atoms with Crippen molar-refractivity contribution < 1.29 is 4.42 Å². The molecule has 2 nitrogen and oxygen atoms in total. The van der Waals surface area contributed by atoms with E-state index in [1.165, 1.54) is 50.1 Å². The van der Waals surface area contributed by atoms with Crippen molar-refractivity contribution in [2.24, 2.45) is 0 Å². The molecule has 0 bridgehead atoms. The second kappa shape index (κ2) is 12.0. The monoisotopic (exact) mass is 665 g/mol. The highest BCUT2D eigenvalue weighted by atomic mass is 16.3. The number of benzene rings is 8. The Balaban J connectivity index is 1.08. The summed E-state index contributed by atoms with van der Waals surface area (Å²) in [6, 6.07) is 69.8. The standard InChI is InChI=1S/C50H35NO/c1-50(46-18-10-8-16-42(46)43-17-9-11-19-47(43)50)38-24-30-44-45-33-41(29-31-48(45)52-49(44)32-38)51(39-25-20-36(21-26-39)34-12-4-2-5-13-34)40-27-22-37(23-28-40)35-14-6-3-7-15-35/h2-33H,1H3. The van der Waals surface area contributed by atoms with Crippen LogP contribution >= 0.6 is 0 Å². The Labute approximate surface area is 303 Å². The third-order valence-electron chi connectivity index (χ3n) is 11.0. The van der Waals surface area contributed by atoms with Gasteiger partial charge in [0.15, 0.2) is 0 Å². The molecule has 2 heteroatoms. The minimum Gasteiger partial charge on any atom is -0.456 e. The van der Waals surface area contributed by atoms with E-state index in [1.807, 2.05) is 0 Å². The second-order valence-corrected chi connectivity index (χ2v) is 13.9. The molecule has 1 heterocycles. The fourth-order valence-corrected chi connectivity index (χ4v) is 8.29. The van der Waals surface area contributed by atoms with Gasteiger partial charge in [-0.2, -0.15) is 0 Å². The van der Waals surface area contributed by atoms with Crippen molar-refractivity contribution in [1.29, 1.82) is 0 Å². The molecular formula is C50H35NO. The number of anilines is 3. The normalized spacial score (nSPS) is 12.9. The van der Waals surface area contributed by atoms with Gasteiger partial charge in [-0.25, -0.2) is 0 Å². The topological polar surface area (TPSA) is 16.4 Å². The van der Waals surface area contributed by atoms with Crippen LogP contribution in [-0.4, -0.2) is 0 Å². The fourth-order valence-electron chi connectivity index (χ4n) is 8.29. The summed E-state index contributed by atoms with van der Waals surface area (Å²) in [6.07, 6.45) is 0.